The molecular formula is C22H25ClN2O6S. The number of ether oxygens (including phenoxy) is 1. The molecule has 1 saturated heterocycles. The summed E-state index contributed by atoms with van der Waals surface area (Å²) in [6.07, 6.45) is 1.41. The number of carbonyl (C=O) groups excluding carboxylic acids is 2. The zero-order valence-electron chi connectivity index (χ0n) is 17.8. The lowest BCUT2D eigenvalue weighted by atomic mass is 10.1. The molecule has 3 rings (SSSR count). The fraction of sp³-hybridized carbons (Fsp3) is 0.364. The van der Waals surface area contributed by atoms with E-state index >= 15 is 0 Å². The summed E-state index contributed by atoms with van der Waals surface area (Å²) < 4.78 is 32.4. The first-order chi connectivity index (χ1) is 15.1. The molecule has 2 N–H and O–H groups in total. The SMILES string of the molecule is Cc1ccc(C(=O)OC(C)C(=O)Nc2cc(S(=O)(=O)N3CCCCC3)ccc2Cl)cc1O. The van der Waals surface area contributed by atoms with Crippen LogP contribution >= 0.6 is 11.6 Å². The quantitative estimate of drug-likeness (QED) is 0.609. The second kappa shape index (κ2) is 9.89. The molecule has 172 valence electrons. The molecule has 1 aliphatic rings. The van der Waals surface area contributed by atoms with E-state index in [1.54, 1.807) is 13.0 Å². The van der Waals surface area contributed by atoms with Crippen molar-refractivity contribution in [1.82, 2.24) is 4.31 Å². The Kier molecular flexibility index (Phi) is 7.43. The average molecular weight is 481 g/mol. The molecule has 0 bridgehead atoms. The molecule has 10 heteroatoms. The maximum absolute atomic E-state index is 12.9. The van der Waals surface area contributed by atoms with Crippen LogP contribution in [0, 0.1) is 6.92 Å². The van der Waals surface area contributed by atoms with Gasteiger partial charge in [0.1, 0.15) is 5.75 Å². The Balaban J connectivity index is 1.71. The van der Waals surface area contributed by atoms with Gasteiger partial charge in [0.05, 0.1) is 21.2 Å². The smallest absolute Gasteiger partial charge is 0.339 e. The number of aryl methyl sites for hydroxylation is 1. The molecule has 2 aromatic carbocycles. The number of nitrogens with zero attached hydrogens (tertiary/aromatic N) is 1. The van der Waals surface area contributed by atoms with Gasteiger partial charge in [-0.15, -0.1) is 0 Å². The molecule has 1 atom stereocenters. The van der Waals surface area contributed by atoms with E-state index < -0.39 is 28.0 Å². The summed E-state index contributed by atoms with van der Waals surface area (Å²) in [7, 11) is -3.71. The molecule has 0 spiro atoms. The van der Waals surface area contributed by atoms with Crippen LogP contribution in [0.3, 0.4) is 0 Å². The molecule has 0 saturated carbocycles. The molecule has 0 aromatic heterocycles. The van der Waals surface area contributed by atoms with Gasteiger partial charge >= 0.3 is 5.97 Å². The molecule has 0 radical (unpaired) electrons. The molecule has 8 nitrogen and oxygen atoms in total. The number of phenolic OH excluding ortho intramolecular Hbond substituents is 1. The van der Waals surface area contributed by atoms with Gasteiger partial charge < -0.3 is 15.2 Å². The third kappa shape index (κ3) is 5.40. The Labute approximate surface area is 192 Å². The lowest BCUT2D eigenvalue weighted by Gasteiger charge is -2.26. The van der Waals surface area contributed by atoms with E-state index in [4.69, 9.17) is 16.3 Å². The van der Waals surface area contributed by atoms with Crippen molar-refractivity contribution in [2.75, 3.05) is 18.4 Å². The number of nitrogens with one attached hydrogen (secondary N) is 1. The summed E-state index contributed by atoms with van der Waals surface area (Å²) in [5.74, 6) is -1.52. The third-order valence-electron chi connectivity index (χ3n) is 5.25. The first-order valence-electron chi connectivity index (χ1n) is 10.2. The number of hydrogen-bond acceptors (Lipinski definition) is 6. The summed E-state index contributed by atoms with van der Waals surface area (Å²) in [6.45, 7) is 3.97. The lowest BCUT2D eigenvalue weighted by Crippen LogP contribution is -2.35. The number of rotatable bonds is 6. The summed E-state index contributed by atoms with van der Waals surface area (Å²) in [5.41, 5.74) is 0.799. The monoisotopic (exact) mass is 480 g/mol. The Morgan fingerprint density at radius 3 is 2.47 bits per heavy atom. The van der Waals surface area contributed by atoms with Gasteiger partial charge in [0.25, 0.3) is 5.91 Å². The van der Waals surface area contributed by atoms with Gasteiger partial charge in [-0.25, -0.2) is 13.2 Å². The summed E-state index contributed by atoms with van der Waals surface area (Å²) in [4.78, 5) is 24.9. The minimum Gasteiger partial charge on any atom is -0.508 e. The van der Waals surface area contributed by atoms with Crippen LogP contribution in [0.2, 0.25) is 5.02 Å². The van der Waals surface area contributed by atoms with Crippen molar-refractivity contribution >= 4 is 39.2 Å². The number of halogens is 1. The molecular weight excluding hydrogens is 456 g/mol. The topological polar surface area (TPSA) is 113 Å². The van der Waals surface area contributed by atoms with E-state index in [0.717, 1.165) is 19.3 Å². The van der Waals surface area contributed by atoms with E-state index in [0.29, 0.717) is 18.7 Å². The van der Waals surface area contributed by atoms with Crippen LogP contribution in [-0.4, -0.2) is 48.9 Å². The van der Waals surface area contributed by atoms with Gasteiger partial charge in [0, 0.05) is 13.1 Å². The highest BCUT2D eigenvalue weighted by Gasteiger charge is 2.27. The number of piperidine rings is 1. The zero-order valence-corrected chi connectivity index (χ0v) is 19.4. The van der Waals surface area contributed by atoms with Gasteiger partial charge in [-0.2, -0.15) is 4.31 Å². The number of carbonyl (C=O) groups is 2. The number of sulfonamides is 1. The van der Waals surface area contributed by atoms with Crippen molar-refractivity contribution in [3.05, 3.63) is 52.5 Å². The average Bonchev–Trinajstić information content (AvgIpc) is 2.77. The van der Waals surface area contributed by atoms with Gasteiger partial charge in [0.15, 0.2) is 6.10 Å². The number of phenols is 1. The van der Waals surface area contributed by atoms with E-state index in [1.807, 2.05) is 0 Å². The van der Waals surface area contributed by atoms with Gasteiger partial charge in [-0.1, -0.05) is 24.1 Å². The van der Waals surface area contributed by atoms with Crippen molar-refractivity contribution in [1.29, 1.82) is 0 Å². The van der Waals surface area contributed by atoms with Gasteiger partial charge in [-0.3, -0.25) is 4.79 Å². The number of amides is 1. The first kappa shape index (κ1) is 24.0. The maximum Gasteiger partial charge on any atom is 0.339 e. The van der Waals surface area contributed by atoms with Crippen molar-refractivity contribution in [2.24, 2.45) is 0 Å². The number of esters is 1. The lowest BCUT2D eigenvalue weighted by molar-refractivity contribution is -0.123. The summed E-state index contributed by atoms with van der Waals surface area (Å²) in [6, 6.07) is 8.40. The highest BCUT2D eigenvalue weighted by atomic mass is 35.5. The van der Waals surface area contributed by atoms with Crippen LogP contribution in [-0.2, 0) is 19.6 Å². The van der Waals surface area contributed by atoms with E-state index in [9.17, 15) is 23.1 Å². The Bertz CT molecular complexity index is 1130. The molecule has 2 aromatic rings. The van der Waals surface area contributed by atoms with Crippen molar-refractivity contribution < 1.29 is 27.9 Å². The zero-order chi connectivity index (χ0) is 23.5. The summed E-state index contributed by atoms with van der Waals surface area (Å²) >= 11 is 6.16. The molecule has 1 heterocycles. The normalized spacial score (nSPS) is 15.7. The van der Waals surface area contributed by atoms with Crippen LogP contribution in [0.5, 0.6) is 5.75 Å². The number of benzene rings is 2. The van der Waals surface area contributed by atoms with Crippen molar-refractivity contribution in [3.63, 3.8) is 0 Å². The fourth-order valence-corrected chi connectivity index (χ4v) is 4.98. The van der Waals surface area contributed by atoms with Crippen LogP contribution in [0.25, 0.3) is 0 Å². The Hall–Kier alpha value is -2.62. The molecule has 32 heavy (non-hydrogen) atoms. The van der Waals surface area contributed by atoms with E-state index in [1.165, 1.54) is 41.6 Å². The Morgan fingerprint density at radius 2 is 1.81 bits per heavy atom. The largest absolute Gasteiger partial charge is 0.508 e. The predicted molar refractivity (Wildman–Crippen MR) is 120 cm³/mol. The minimum absolute atomic E-state index is 0.0267. The predicted octanol–water partition coefficient (Wildman–Crippen LogP) is 3.71. The highest BCUT2D eigenvalue weighted by Crippen LogP contribution is 2.28. The van der Waals surface area contributed by atoms with Crippen molar-refractivity contribution in [2.45, 2.75) is 44.1 Å². The standard InChI is InChI=1S/C22H25ClN2O6S/c1-14-6-7-16(12-20(14)26)22(28)31-15(2)21(27)24-19-13-17(8-9-18(19)23)32(29,30)25-10-4-3-5-11-25/h6-9,12-13,15,26H,3-5,10-11H2,1-2H3,(H,24,27). The van der Waals surface area contributed by atoms with Crippen molar-refractivity contribution in [3.8, 4) is 5.75 Å². The first-order valence-corrected chi connectivity index (χ1v) is 12.0. The third-order valence-corrected chi connectivity index (χ3v) is 7.47. The van der Waals surface area contributed by atoms with Crippen LogP contribution in [0.4, 0.5) is 5.69 Å². The number of hydrogen-bond donors (Lipinski definition) is 2. The molecule has 1 amide bonds. The second-order valence-electron chi connectivity index (χ2n) is 7.64. The van der Waals surface area contributed by atoms with Gasteiger partial charge in [0.2, 0.25) is 10.0 Å². The second-order valence-corrected chi connectivity index (χ2v) is 9.99. The fourth-order valence-electron chi connectivity index (χ4n) is 3.27. The van der Waals surface area contributed by atoms with Crippen LogP contribution in [0.1, 0.15) is 42.1 Å². The number of aromatic hydroxyl groups is 1. The van der Waals surface area contributed by atoms with Crippen LogP contribution in [0.15, 0.2) is 41.3 Å². The molecule has 0 aliphatic carbocycles. The molecule has 1 aliphatic heterocycles. The Morgan fingerprint density at radius 1 is 1.12 bits per heavy atom. The van der Waals surface area contributed by atoms with Crippen LogP contribution < -0.4 is 5.32 Å². The van der Waals surface area contributed by atoms with E-state index in [-0.39, 0.29) is 26.9 Å². The molecule has 1 unspecified atom stereocenters. The number of anilines is 1. The maximum atomic E-state index is 12.9. The van der Waals surface area contributed by atoms with Gasteiger partial charge in [-0.05, 0) is 62.6 Å². The minimum atomic E-state index is -3.71. The summed E-state index contributed by atoms with van der Waals surface area (Å²) in [5, 5.41) is 12.4. The van der Waals surface area contributed by atoms with E-state index in [2.05, 4.69) is 5.32 Å². The molecule has 1 fully saturated rings. The highest BCUT2D eigenvalue weighted by molar-refractivity contribution is 7.89.